The van der Waals surface area contributed by atoms with Gasteiger partial charge in [-0.2, -0.15) is 0 Å². The molecule has 0 spiro atoms. The molecular formula is C19H19ClO5. The van der Waals surface area contributed by atoms with Crippen molar-refractivity contribution in [3.8, 4) is 22.6 Å². The summed E-state index contributed by atoms with van der Waals surface area (Å²) in [6.45, 7) is 1.27. The Hall–Kier alpha value is -2.08. The molecule has 0 N–H and O–H groups in total. The topological polar surface area (TPSA) is 54.0 Å². The minimum Gasteiger partial charge on any atom is -0.496 e. The third kappa shape index (κ3) is 3.63. The first-order valence-electron chi connectivity index (χ1n) is 7.92. The lowest BCUT2D eigenvalue weighted by Gasteiger charge is -2.25. The summed E-state index contributed by atoms with van der Waals surface area (Å²) in [6, 6.07) is 8.85. The van der Waals surface area contributed by atoms with Crippen molar-refractivity contribution in [3.05, 3.63) is 46.5 Å². The maximum absolute atomic E-state index is 11.2. The van der Waals surface area contributed by atoms with Crippen molar-refractivity contribution in [1.29, 1.82) is 0 Å². The molecule has 0 amide bonds. The van der Waals surface area contributed by atoms with Crippen molar-refractivity contribution in [2.24, 2.45) is 0 Å². The fourth-order valence-corrected chi connectivity index (χ4v) is 3.15. The minimum atomic E-state index is -0.476. The van der Waals surface area contributed by atoms with Crippen LogP contribution in [0.1, 0.15) is 28.6 Å². The quantitative estimate of drug-likeness (QED) is 0.743. The average Bonchev–Trinajstić information content (AvgIpc) is 2.67. The van der Waals surface area contributed by atoms with Gasteiger partial charge in [-0.1, -0.05) is 11.6 Å². The first-order chi connectivity index (χ1) is 12.2. The summed E-state index contributed by atoms with van der Waals surface area (Å²) >= 11 is 6.43. The molecule has 0 aromatic heterocycles. The highest BCUT2D eigenvalue weighted by atomic mass is 35.5. The monoisotopic (exact) mass is 362 g/mol. The molecule has 0 bridgehead atoms. The number of carbonyl (C=O) groups is 1. The van der Waals surface area contributed by atoms with E-state index in [2.05, 4.69) is 0 Å². The highest BCUT2D eigenvalue weighted by Crippen LogP contribution is 2.43. The Morgan fingerprint density at radius 1 is 1.08 bits per heavy atom. The zero-order valence-corrected chi connectivity index (χ0v) is 14.8. The number of rotatable bonds is 5. The number of hydrogen-bond acceptors (Lipinski definition) is 5. The van der Waals surface area contributed by atoms with Gasteiger partial charge in [-0.05, 0) is 36.8 Å². The summed E-state index contributed by atoms with van der Waals surface area (Å²) < 4.78 is 22.3. The standard InChI is InChI=1S/C19H19ClO5/c1-22-17-5-4-12(11-21)8-14(17)15-9-13(10-16(20)18(15)23-2)19-24-6-3-7-25-19/h4-5,8-11,19H,3,6-7H2,1-2H3. The number of aldehydes is 1. The fraction of sp³-hybridized carbons (Fsp3) is 0.316. The highest BCUT2D eigenvalue weighted by molar-refractivity contribution is 6.32. The van der Waals surface area contributed by atoms with E-state index in [1.54, 1.807) is 38.5 Å². The first-order valence-corrected chi connectivity index (χ1v) is 8.30. The second kappa shape index (κ2) is 7.87. The second-order valence-electron chi connectivity index (χ2n) is 5.59. The lowest BCUT2D eigenvalue weighted by molar-refractivity contribution is -0.183. The molecule has 2 aromatic rings. The first kappa shape index (κ1) is 17.7. The summed E-state index contributed by atoms with van der Waals surface area (Å²) in [5, 5.41) is 0.436. The number of methoxy groups -OCH3 is 2. The molecular weight excluding hydrogens is 344 g/mol. The van der Waals surface area contributed by atoms with E-state index in [1.807, 2.05) is 6.07 Å². The lowest BCUT2D eigenvalue weighted by Crippen LogP contribution is -2.17. The Morgan fingerprint density at radius 3 is 2.48 bits per heavy atom. The molecule has 132 valence electrons. The average molecular weight is 363 g/mol. The van der Waals surface area contributed by atoms with Gasteiger partial charge >= 0.3 is 0 Å². The molecule has 1 fully saturated rings. The predicted octanol–water partition coefficient (Wildman–Crippen LogP) is 4.27. The van der Waals surface area contributed by atoms with Crippen LogP contribution in [0.3, 0.4) is 0 Å². The van der Waals surface area contributed by atoms with Crippen LogP contribution in [0.4, 0.5) is 0 Å². The number of carbonyl (C=O) groups excluding carboxylic acids is 1. The van der Waals surface area contributed by atoms with Crippen LogP contribution in [-0.2, 0) is 9.47 Å². The van der Waals surface area contributed by atoms with Crippen molar-refractivity contribution in [2.75, 3.05) is 27.4 Å². The maximum Gasteiger partial charge on any atom is 0.183 e. The van der Waals surface area contributed by atoms with Crippen LogP contribution in [-0.4, -0.2) is 33.7 Å². The molecule has 1 saturated heterocycles. The molecule has 0 atom stereocenters. The molecule has 0 saturated carbocycles. The fourth-order valence-electron chi connectivity index (χ4n) is 2.85. The van der Waals surface area contributed by atoms with Crippen molar-refractivity contribution >= 4 is 17.9 Å². The lowest BCUT2D eigenvalue weighted by atomic mass is 9.98. The molecule has 6 heteroatoms. The van der Waals surface area contributed by atoms with Crippen LogP contribution in [0, 0.1) is 0 Å². The van der Waals surface area contributed by atoms with Gasteiger partial charge in [-0.15, -0.1) is 0 Å². The molecule has 0 radical (unpaired) electrons. The van der Waals surface area contributed by atoms with Gasteiger partial charge < -0.3 is 18.9 Å². The summed E-state index contributed by atoms with van der Waals surface area (Å²) in [5.74, 6) is 1.12. The largest absolute Gasteiger partial charge is 0.496 e. The van der Waals surface area contributed by atoms with Gasteiger partial charge in [0, 0.05) is 22.3 Å². The second-order valence-corrected chi connectivity index (χ2v) is 6.00. The van der Waals surface area contributed by atoms with E-state index in [4.69, 9.17) is 30.5 Å². The van der Waals surface area contributed by atoms with Crippen molar-refractivity contribution < 1.29 is 23.7 Å². The Balaban J connectivity index is 2.16. The molecule has 2 aromatic carbocycles. The minimum absolute atomic E-state index is 0.436. The highest BCUT2D eigenvalue weighted by Gasteiger charge is 2.22. The molecule has 25 heavy (non-hydrogen) atoms. The van der Waals surface area contributed by atoms with Crippen LogP contribution < -0.4 is 9.47 Å². The van der Waals surface area contributed by atoms with Gasteiger partial charge in [-0.25, -0.2) is 0 Å². The summed E-state index contributed by atoms with van der Waals surface area (Å²) in [6.07, 6.45) is 1.17. The van der Waals surface area contributed by atoms with Crippen LogP contribution in [0.2, 0.25) is 5.02 Å². The number of hydrogen-bond donors (Lipinski definition) is 0. The third-order valence-corrected chi connectivity index (χ3v) is 4.30. The van der Waals surface area contributed by atoms with Crippen molar-refractivity contribution in [3.63, 3.8) is 0 Å². The summed E-state index contributed by atoms with van der Waals surface area (Å²) in [7, 11) is 3.12. The van der Waals surface area contributed by atoms with E-state index in [-0.39, 0.29) is 0 Å². The van der Waals surface area contributed by atoms with Crippen LogP contribution in [0.15, 0.2) is 30.3 Å². The van der Waals surface area contributed by atoms with E-state index in [1.165, 1.54) is 0 Å². The van der Waals surface area contributed by atoms with Gasteiger partial charge in [0.1, 0.15) is 17.8 Å². The molecule has 5 nitrogen and oxygen atoms in total. The van der Waals surface area contributed by atoms with E-state index in [0.29, 0.717) is 46.4 Å². The Bertz CT molecular complexity index is 769. The molecule has 1 aliphatic heterocycles. The van der Waals surface area contributed by atoms with Gasteiger partial charge in [0.15, 0.2) is 6.29 Å². The SMILES string of the molecule is COc1ccc(C=O)cc1-c1cc(C2OCCCO2)cc(Cl)c1OC. The van der Waals surface area contributed by atoms with Crippen LogP contribution in [0.5, 0.6) is 11.5 Å². The number of halogens is 1. The Labute approximate surface area is 151 Å². The van der Waals surface area contributed by atoms with Crippen LogP contribution in [0.25, 0.3) is 11.1 Å². The normalized spacial score (nSPS) is 15.0. The molecule has 0 unspecified atom stereocenters. The van der Waals surface area contributed by atoms with E-state index in [0.717, 1.165) is 18.3 Å². The van der Waals surface area contributed by atoms with Gasteiger partial charge in [0.25, 0.3) is 0 Å². The number of ether oxygens (including phenoxy) is 4. The smallest absolute Gasteiger partial charge is 0.183 e. The van der Waals surface area contributed by atoms with E-state index < -0.39 is 6.29 Å². The Kier molecular flexibility index (Phi) is 5.58. The number of benzene rings is 2. The zero-order valence-electron chi connectivity index (χ0n) is 14.1. The van der Waals surface area contributed by atoms with Crippen LogP contribution >= 0.6 is 11.6 Å². The van der Waals surface area contributed by atoms with Gasteiger partial charge in [0.2, 0.25) is 0 Å². The van der Waals surface area contributed by atoms with Crippen molar-refractivity contribution in [2.45, 2.75) is 12.7 Å². The summed E-state index contributed by atoms with van der Waals surface area (Å²) in [4.78, 5) is 11.2. The molecule has 0 aliphatic carbocycles. The predicted molar refractivity (Wildman–Crippen MR) is 94.6 cm³/mol. The summed E-state index contributed by atoms with van der Waals surface area (Å²) in [5.41, 5.74) is 2.75. The van der Waals surface area contributed by atoms with Gasteiger partial charge in [0.05, 0.1) is 32.5 Å². The Morgan fingerprint density at radius 2 is 1.84 bits per heavy atom. The molecule has 1 heterocycles. The molecule has 3 rings (SSSR count). The van der Waals surface area contributed by atoms with E-state index >= 15 is 0 Å². The van der Waals surface area contributed by atoms with Gasteiger partial charge in [-0.3, -0.25) is 4.79 Å². The molecule has 1 aliphatic rings. The third-order valence-electron chi connectivity index (χ3n) is 4.02. The van der Waals surface area contributed by atoms with E-state index in [9.17, 15) is 4.79 Å². The zero-order chi connectivity index (χ0) is 17.8. The maximum atomic E-state index is 11.2. The van der Waals surface area contributed by atoms with Crippen molar-refractivity contribution in [1.82, 2.24) is 0 Å².